The molecule has 2 saturated heterocycles. The Morgan fingerprint density at radius 2 is 1.38 bits per heavy atom. The molecule has 0 saturated carbocycles. The molecule has 52 heavy (non-hydrogen) atoms. The molecule has 1 aromatic carbocycles. The number of hydrogen-bond donors (Lipinski definition) is 2. The molecule has 10 nitrogen and oxygen atoms in total. The van der Waals surface area contributed by atoms with Gasteiger partial charge >= 0.3 is 0 Å². The fourth-order valence-electron chi connectivity index (χ4n) is 8.10. The highest BCUT2D eigenvalue weighted by Gasteiger charge is 2.43. The smallest absolute Gasteiger partial charge is 0.253 e. The number of anilines is 2. The highest BCUT2D eigenvalue weighted by Crippen LogP contribution is 2.39. The number of hydrogen-bond acceptors (Lipinski definition) is 6. The Bertz CT molecular complexity index is 1970. The van der Waals surface area contributed by atoms with E-state index in [1.807, 2.05) is 60.0 Å². The summed E-state index contributed by atoms with van der Waals surface area (Å²) < 4.78 is 0. The van der Waals surface area contributed by atoms with Gasteiger partial charge in [0.05, 0.1) is 0 Å². The molecule has 0 radical (unpaired) electrons. The Kier molecular flexibility index (Phi) is 10.9. The maximum atomic E-state index is 13.2. The van der Waals surface area contributed by atoms with E-state index >= 15 is 0 Å². The van der Waals surface area contributed by atoms with Crippen LogP contribution in [0.1, 0.15) is 64.7 Å². The van der Waals surface area contributed by atoms with Crippen LogP contribution in [-0.4, -0.2) is 93.9 Å². The molecule has 4 aromatic heterocycles. The van der Waals surface area contributed by atoms with Gasteiger partial charge in [0, 0.05) is 111 Å². The first-order valence-electron chi connectivity index (χ1n) is 18.8. The number of nitrogens with one attached hydrogen (secondary N) is 2. The molecule has 6 heterocycles. The fourth-order valence-corrected chi connectivity index (χ4v) is 8.10. The highest BCUT2D eigenvalue weighted by atomic mass is 16.2. The summed E-state index contributed by atoms with van der Waals surface area (Å²) in [4.78, 5) is 49.5. The molecule has 2 fully saturated rings. The number of benzene rings is 1. The summed E-state index contributed by atoms with van der Waals surface area (Å²) in [6.45, 7) is 16.5. The maximum absolute atomic E-state index is 13.2. The molecule has 10 heteroatoms. The van der Waals surface area contributed by atoms with Crippen molar-refractivity contribution in [3.05, 3.63) is 84.9 Å². The van der Waals surface area contributed by atoms with Gasteiger partial charge in [-0.1, -0.05) is 59.7 Å². The summed E-state index contributed by atoms with van der Waals surface area (Å²) in [6, 6.07) is 18.4. The van der Waals surface area contributed by atoms with Gasteiger partial charge in [0.15, 0.2) is 0 Å². The number of likely N-dealkylation sites (tertiary alicyclic amines) is 2. The summed E-state index contributed by atoms with van der Waals surface area (Å²) in [5.41, 5.74) is 4.90. The van der Waals surface area contributed by atoms with E-state index in [9.17, 15) is 9.59 Å². The average molecular weight is 705 g/mol. The second-order valence-corrected chi connectivity index (χ2v) is 16.0. The van der Waals surface area contributed by atoms with E-state index in [0.29, 0.717) is 36.8 Å². The summed E-state index contributed by atoms with van der Waals surface area (Å²) in [7, 11) is 4.27. The third-order valence-electron chi connectivity index (χ3n) is 11.6. The number of aromatic nitrogens is 4. The monoisotopic (exact) mass is 704 g/mol. The van der Waals surface area contributed by atoms with Gasteiger partial charge in [0.1, 0.15) is 11.3 Å². The second kappa shape index (κ2) is 15.4. The van der Waals surface area contributed by atoms with Crippen LogP contribution in [0.15, 0.2) is 79.4 Å². The highest BCUT2D eigenvalue weighted by molar-refractivity contribution is 5.94. The lowest BCUT2D eigenvalue weighted by molar-refractivity contribution is -0.133. The zero-order chi connectivity index (χ0) is 37.2. The molecule has 7 rings (SSSR count). The van der Waals surface area contributed by atoms with Gasteiger partial charge < -0.3 is 29.6 Å². The molecule has 2 aliphatic heterocycles. The Morgan fingerprint density at radius 3 is 1.96 bits per heavy atom. The van der Waals surface area contributed by atoms with Crippen LogP contribution in [0.25, 0.3) is 22.1 Å². The van der Waals surface area contributed by atoms with Gasteiger partial charge in [-0.25, -0.2) is 9.97 Å². The first kappa shape index (κ1) is 36.9. The minimum Gasteiger partial charge on any atom is -0.369 e. The summed E-state index contributed by atoms with van der Waals surface area (Å²) in [5, 5.41) is 2.25. The molecule has 4 atom stereocenters. The third-order valence-corrected chi connectivity index (χ3v) is 11.6. The van der Waals surface area contributed by atoms with Crippen LogP contribution < -0.4 is 9.80 Å². The number of likely N-dealkylation sites (N-methyl/N-ethyl adjacent to an activating group) is 2. The van der Waals surface area contributed by atoms with Gasteiger partial charge in [0.25, 0.3) is 5.91 Å². The quantitative estimate of drug-likeness (QED) is 0.182. The molecule has 2 amide bonds. The van der Waals surface area contributed by atoms with Gasteiger partial charge in [-0.3, -0.25) is 9.59 Å². The van der Waals surface area contributed by atoms with Crippen molar-refractivity contribution in [1.82, 2.24) is 29.7 Å². The molecule has 0 bridgehead atoms. The molecule has 2 N–H and O–H groups in total. The number of aromatic amines is 2. The SMILES string of the molecule is CC(C)CC(=O)N1CC[C@@H](C)C(N(C)c2ccnc3[nH]ccc23)C1.C[C@H]1C(N(C)c2ccnc3[nH]ccc23)CN(C(=O)c2ccccc2)CC1(C)C. The number of fused-ring (bicyclic) bond motifs is 2. The first-order valence-corrected chi connectivity index (χ1v) is 18.8. The lowest BCUT2D eigenvalue weighted by atomic mass is 9.72. The van der Waals surface area contributed by atoms with E-state index in [-0.39, 0.29) is 23.3 Å². The van der Waals surface area contributed by atoms with Crippen molar-refractivity contribution >= 4 is 45.3 Å². The van der Waals surface area contributed by atoms with Crippen LogP contribution in [0.3, 0.4) is 0 Å². The second-order valence-electron chi connectivity index (χ2n) is 16.0. The standard InChI is InChI=1S/C23H28N4O.C19H28N4O/c1-16-20(26(4)19-11-13-25-21-18(19)10-12-24-21)14-27(15-23(16,2)3)22(28)17-8-6-5-7-9-17;1-13(2)11-18(24)23-10-7-14(3)17(12-23)22(4)16-6-9-21-19-15(16)5-8-20-19/h5-13,16,20H,14-15H2,1-4H3,(H,24,25);5-6,8-9,13-14,17H,7,10-12H2,1-4H3,(H,20,21)/t16-,20?;14-,17?/m01/s1. The molecule has 0 spiro atoms. The zero-order valence-corrected chi connectivity index (χ0v) is 32.1. The Balaban J connectivity index is 0.000000181. The zero-order valence-electron chi connectivity index (χ0n) is 32.1. The minimum atomic E-state index is 0.0198. The van der Waals surface area contributed by atoms with Crippen LogP contribution in [0.4, 0.5) is 11.4 Å². The molecule has 2 unspecified atom stereocenters. The number of pyridine rings is 2. The number of carbonyl (C=O) groups is 2. The van der Waals surface area contributed by atoms with Crippen LogP contribution >= 0.6 is 0 Å². The van der Waals surface area contributed by atoms with Crippen LogP contribution in [0.5, 0.6) is 0 Å². The average Bonchev–Trinajstić information content (AvgIpc) is 3.82. The van der Waals surface area contributed by atoms with E-state index < -0.39 is 0 Å². The molecule has 2 aliphatic rings. The van der Waals surface area contributed by atoms with E-state index in [1.165, 1.54) is 5.69 Å². The molecule has 5 aromatic rings. The van der Waals surface area contributed by atoms with E-state index in [1.54, 1.807) is 0 Å². The number of piperidine rings is 2. The maximum Gasteiger partial charge on any atom is 0.253 e. The number of nitrogens with zero attached hydrogens (tertiary/aromatic N) is 6. The van der Waals surface area contributed by atoms with Crippen molar-refractivity contribution in [2.45, 2.75) is 66.5 Å². The largest absolute Gasteiger partial charge is 0.369 e. The van der Waals surface area contributed by atoms with Gasteiger partial charge in [0.2, 0.25) is 5.91 Å². The Morgan fingerprint density at radius 1 is 0.827 bits per heavy atom. The first-order chi connectivity index (χ1) is 24.9. The number of amides is 2. The fraction of sp³-hybridized carbons (Fsp3) is 0.476. The van der Waals surface area contributed by atoms with E-state index in [0.717, 1.165) is 59.4 Å². The Labute approximate surface area is 308 Å². The van der Waals surface area contributed by atoms with Crippen molar-refractivity contribution in [2.75, 3.05) is 50.1 Å². The van der Waals surface area contributed by atoms with Gasteiger partial charge in [-0.2, -0.15) is 0 Å². The molecule has 276 valence electrons. The third kappa shape index (κ3) is 7.66. The van der Waals surface area contributed by atoms with E-state index in [4.69, 9.17) is 0 Å². The van der Waals surface area contributed by atoms with Crippen LogP contribution in [-0.2, 0) is 4.79 Å². The predicted molar refractivity (Wildman–Crippen MR) is 212 cm³/mol. The topological polar surface area (TPSA) is 104 Å². The number of H-pyrrole nitrogens is 2. The minimum absolute atomic E-state index is 0.0198. The molecular formula is C42H56N8O2. The summed E-state index contributed by atoms with van der Waals surface area (Å²) in [5.74, 6) is 1.80. The van der Waals surface area contributed by atoms with Gasteiger partial charge in [-0.15, -0.1) is 0 Å². The lowest BCUT2D eigenvalue weighted by Crippen LogP contribution is -2.59. The van der Waals surface area contributed by atoms with Crippen molar-refractivity contribution in [1.29, 1.82) is 0 Å². The van der Waals surface area contributed by atoms with Crippen LogP contribution in [0.2, 0.25) is 0 Å². The lowest BCUT2D eigenvalue weighted by Gasteiger charge is -2.51. The Hall–Kier alpha value is -4.86. The number of carbonyl (C=O) groups excluding carboxylic acids is 2. The van der Waals surface area contributed by atoms with Crippen molar-refractivity contribution < 1.29 is 9.59 Å². The van der Waals surface area contributed by atoms with Crippen molar-refractivity contribution in [2.24, 2.45) is 23.2 Å². The van der Waals surface area contributed by atoms with Crippen LogP contribution in [0, 0.1) is 23.2 Å². The van der Waals surface area contributed by atoms with Gasteiger partial charge in [-0.05, 0) is 66.0 Å². The molecular weight excluding hydrogens is 649 g/mol. The molecule has 0 aliphatic carbocycles. The van der Waals surface area contributed by atoms with Crippen molar-refractivity contribution in [3.63, 3.8) is 0 Å². The summed E-state index contributed by atoms with van der Waals surface area (Å²) >= 11 is 0. The summed E-state index contributed by atoms with van der Waals surface area (Å²) in [6.07, 6.45) is 9.24. The normalized spacial score (nSPS) is 21.6. The van der Waals surface area contributed by atoms with Crippen molar-refractivity contribution in [3.8, 4) is 0 Å². The predicted octanol–water partition coefficient (Wildman–Crippen LogP) is 7.47. The number of rotatable bonds is 7. The van der Waals surface area contributed by atoms with E-state index in [2.05, 4.69) is 115 Å².